The zero-order valence-corrected chi connectivity index (χ0v) is 17.8. The minimum absolute atomic E-state index is 0.510. The molecular formula is C16H32ClIO7. The number of hydrogen-bond acceptors (Lipinski definition) is 7. The molecule has 0 N–H and O–H groups in total. The Kier molecular flexibility index (Phi) is 25.5. The second kappa shape index (κ2) is 24.7. The molecule has 0 fully saturated rings. The van der Waals surface area contributed by atoms with Crippen LogP contribution in [0.15, 0.2) is 0 Å². The Balaban J connectivity index is 2.94. The van der Waals surface area contributed by atoms with Crippen LogP contribution >= 0.6 is 34.2 Å². The van der Waals surface area contributed by atoms with Crippen LogP contribution in [0.5, 0.6) is 0 Å². The van der Waals surface area contributed by atoms with Gasteiger partial charge in [-0.2, -0.15) is 0 Å². The molecule has 152 valence electrons. The number of alkyl halides is 2. The van der Waals surface area contributed by atoms with Crippen LogP contribution in [0.1, 0.15) is 0 Å². The van der Waals surface area contributed by atoms with E-state index in [-0.39, 0.29) is 0 Å². The molecule has 9 heteroatoms. The molecule has 7 nitrogen and oxygen atoms in total. The van der Waals surface area contributed by atoms with E-state index in [4.69, 9.17) is 44.8 Å². The topological polar surface area (TPSA) is 64.6 Å². The molecule has 0 radical (unpaired) electrons. The van der Waals surface area contributed by atoms with Gasteiger partial charge in [0.2, 0.25) is 0 Å². The molecule has 0 rings (SSSR count). The van der Waals surface area contributed by atoms with Crippen molar-refractivity contribution in [2.24, 2.45) is 0 Å². The van der Waals surface area contributed by atoms with Gasteiger partial charge in [-0.25, -0.2) is 0 Å². The molecule has 0 aliphatic carbocycles. The van der Waals surface area contributed by atoms with Crippen molar-refractivity contribution in [2.45, 2.75) is 0 Å². The van der Waals surface area contributed by atoms with Gasteiger partial charge in [0.25, 0.3) is 0 Å². The maximum absolute atomic E-state index is 5.48. The molecular weight excluding hydrogens is 467 g/mol. The van der Waals surface area contributed by atoms with Crippen molar-refractivity contribution in [2.75, 3.05) is 103 Å². The summed E-state index contributed by atoms with van der Waals surface area (Å²) in [6.45, 7) is 8.15. The molecule has 0 spiro atoms. The zero-order valence-electron chi connectivity index (χ0n) is 14.9. The van der Waals surface area contributed by atoms with Crippen molar-refractivity contribution in [3.05, 3.63) is 0 Å². The first kappa shape index (κ1) is 25.7. The van der Waals surface area contributed by atoms with Gasteiger partial charge in [0.1, 0.15) is 0 Å². The molecule has 0 aromatic carbocycles. The van der Waals surface area contributed by atoms with Crippen LogP contribution in [-0.4, -0.2) is 103 Å². The fourth-order valence-corrected chi connectivity index (χ4v) is 1.95. The second-order valence-electron chi connectivity index (χ2n) is 4.66. The van der Waals surface area contributed by atoms with Crippen LogP contribution < -0.4 is 0 Å². The van der Waals surface area contributed by atoms with Crippen LogP contribution in [0, 0.1) is 0 Å². The fraction of sp³-hybridized carbons (Fsp3) is 1.00. The van der Waals surface area contributed by atoms with Crippen molar-refractivity contribution < 1.29 is 33.2 Å². The van der Waals surface area contributed by atoms with Gasteiger partial charge in [0.15, 0.2) is 0 Å². The van der Waals surface area contributed by atoms with Crippen LogP contribution in [0.3, 0.4) is 0 Å². The van der Waals surface area contributed by atoms with Crippen molar-refractivity contribution in [1.29, 1.82) is 0 Å². The van der Waals surface area contributed by atoms with E-state index < -0.39 is 0 Å². The molecule has 0 aliphatic heterocycles. The van der Waals surface area contributed by atoms with Crippen molar-refractivity contribution in [3.63, 3.8) is 0 Å². The number of halogens is 2. The summed E-state index contributed by atoms with van der Waals surface area (Å²) in [4.78, 5) is 0. The van der Waals surface area contributed by atoms with Gasteiger partial charge in [0.05, 0.1) is 92.5 Å². The summed E-state index contributed by atoms with van der Waals surface area (Å²) in [5.74, 6) is 0.510. The van der Waals surface area contributed by atoms with Crippen LogP contribution in [-0.2, 0) is 33.2 Å². The summed E-state index contributed by atoms with van der Waals surface area (Å²) in [6, 6.07) is 0. The third kappa shape index (κ3) is 24.7. The predicted molar refractivity (Wildman–Crippen MR) is 105 cm³/mol. The van der Waals surface area contributed by atoms with Crippen LogP contribution in [0.2, 0.25) is 0 Å². The minimum atomic E-state index is 0.510. The highest BCUT2D eigenvalue weighted by Crippen LogP contribution is 1.86. The van der Waals surface area contributed by atoms with E-state index in [9.17, 15) is 0 Å². The maximum atomic E-state index is 5.48. The Morgan fingerprint density at radius 1 is 0.400 bits per heavy atom. The Morgan fingerprint density at radius 3 is 0.880 bits per heavy atom. The van der Waals surface area contributed by atoms with E-state index in [1.54, 1.807) is 0 Å². The van der Waals surface area contributed by atoms with E-state index >= 15 is 0 Å². The average Bonchev–Trinajstić information content (AvgIpc) is 2.63. The first-order chi connectivity index (χ1) is 12.4. The molecule has 0 aromatic rings. The molecule has 0 aliphatic rings. The monoisotopic (exact) mass is 498 g/mol. The van der Waals surface area contributed by atoms with Crippen LogP contribution in [0.25, 0.3) is 0 Å². The van der Waals surface area contributed by atoms with Gasteiger partial charge in [-0.15, -0.1) is 11.6 Å². The van der Waals surface area contributed by atoms with Gasteiger partial charge >= 0.3 is 0 Å². The van der Waals surface area contributed by atoms with Crippen molar-refractivity contribution in [1.82, 2.24) is 0 Å². The SMILES string of the molecule is ClCCOCCOCCOCCOCCOCCOCCOCCI. The summed E-state index contributed by atoms with van der Waals surface area (Å²) < 4.78 is 38.3. The first-order valence-electron chi connectivity index (χ1n) is 8.58. The lowest BCUT2D eigenvalue weighted by atomic mass is 10.6. The quantitative estimate of drug-likeness (QED) is 0.128. The molecule has 0 atom stereocenters. The molecule has 0 heterocycles. The zero-order chi connectivity index (χ0) is 18.3. The normalized spacial score (nSPS) is 11.3. The van der Waals surface area contributed by atoms with E-state index in [0.717, 1.165) is 11.0 Å². The summed E-state index contributed by atoms with van der Waals surface area (Å²) in [5, 5.41) is 0. The van der Waals surface area contributed by atoms with E-state index in [1.807, 2.05) is 0 Å². The van der Waals surface area contributed by atoms with E-state index in [0.29, 0.717) is 91.8 Å². The van der Waals surface area contributed by atoms with E-state index in [1.165, 1.54) is 0 Å². The van der Waals surface area contributed by atoms with Gasteiger partial charge in [-0.3, -0.25) is 0 Å². The van der Waals surface area contributed by atoms with Gasteiger partial charge in [-0.05, 0) is 0 Å². The highest BCUT2D eigenvalue weighted by atomic mass is 127. The average molecular weight is 499 g/mol. The maximum Gasteiger partial charge on any atom is 0.0701 e. The highest BCUT2D eigenvalue weighted by Gasteiger charge is 1.94. The summed E-state index contributed by atoms with van der Waals surface area (Å²) in [7, 11) is 0. The van der Waals surface area contributed by atoms with Gasteiger partial charge in [0, 0.05) is 10.3 Å². The summed E-state index contributed by atoms with van der Waals surface area (Å²) in [6.07, 6.45) is 0. The smallest absolute Gasteiger partial charge is 0.0701 e. The Labute approximate surface area is 170 Å². The standard InChI is InChI=1S/C16H32ClIO7/c17-1-3-19-5-7-21-9-11-23-13-15-25-16-14-24-12-10-22-8-6-20-4-2-18/h1-16H2. The van der Waals surface area contributed by atoms with Crippen molar-refractivity contribution >= 4 is 34.2 Å². The lowest BCUT2D eigenvalue weighted by molar-refractivity contribution is -0.0196. The van der Waals surface area contributed by atoms with Gasteiger partial charge in [-0.1, -0.05) is 22.6 Å². The largest absolute Gasteiger partial charge is 0.378 e. The van der Waals surface area contributed by atoms with Crippen LogP contribution in [0.4, 0.5) is 0 Å². The lowest BCUT2D eigenvalue weighted by Gasteiger charge is -2.08. The van der Waals surface area contributed by atoms with Gasteiger partial charge < -0.3 is 33.2 Å². The van der Waals surface area contributed by atoms with Crippen molar-refractivity contribution in [3.8, 4) is 0 Å². The number of hydrogen-bond donors (Lipinski definition) is 0. The predicted octanol–water partition coefficient (Wildman–Crippen LogP) is 1.78. The molecule has 0 unspecified atom stereocenters. The first-order valence-corrected chi connectivity index (χ1v) is 10.6. The fourth-order valence-electron chi connectivity index (χ4n) is 1.53. The number of rotatable bonds is 22. The molecule has 25 heavy (non-hydrogen) atoms. The molecule has 0 bridgehead atoms. The Morgan fingerprint density at radius 2 is 0.640 bits per heavy atom. The molecule has 0 saturated heterocycles. The number of ether oxygens (including phenoxy) is 7. The third-order valence-electron chi connectivity index (χ3n) is 2.68. The second-order valence-corrected chi connectivity index (χ2v) is 6.12. The molecule has 0 aromatic heterocycles. The Bertz CT molecular complexity index is 219. The Hall–Kier alpha value is 0.740. The minimum Gasteiger partial charge on any atom is -0.378 e. The lowest BCUT2D eigenvalue weighted by Crippen LogP contribution is -2.14. The third-order valence-corrected chi connectivity index (χ3v) is 3.27. The molecule has 0 amide bonds. The molecule has 0 saturated carbocycles. The van der Waals surface area contributed by atoms with E-state index in [2.05, 4.69) is 22.6 Å². The highest BCUT2D eigenvalue weighted by molar-refractivity contribution is 14.1. The summed E-state index contributed by atoms with van der Waals surface area (Å²) in [5.41, 5.74) is 0. The summed E-state index contributed by atoms with van der Waals surface area (Å²) >= 11 is 7.75.